The third-order valence-corrected chi connectivity index (χ3v) is 2.17. The van der Waals surface area contributed by atoms with Gasteiger partial charge in [-0.05, 0) is 32.4 Å². The van der Waals surface area contributed by atoms with Crippen molar-refractivity contribution in [1.29, 1.82) is 0 Å². The van der Waals surface area contributed by atoms with E-state index in [4.69, 9.17) is 17.3 Å². The fourth-order valence-electron chi connectivity index (χ4n) is 1.34. The predicted molar refractivity (Wildman–Crippen MR) is 60.6 cm³/mol. The van der Waals surface area contributed by atoms with Gasteiger partial charge in [0.1, 0.15) is 5.82 Å². The van der Waals surface area contributed by atoms with E-state index in [0.717, 1.165) is 12.2 Å². The highest BCUT2D eigenvalue weighted by Gasteiger charge is 2.07. The average molecular weight is 214 g/mol. The van der Waals surface area contributed by atoms with Gasteiger partial charge in [0.15, 0.2) is 0 Å². The largest absolute Gasteiger partial charge is 0.366 e. The summed E-state index contributed by atoms with van der Waals surface area (Å²) in [4.78, 5) is 4.14. The van der Waals surface area contributed by atoms with Crippen LogP contribution in [0.2, 0.25) is 5.02 Å². The summed E-state index contributed by atoms with van der Waals surface area (Å²) in [6, 6.07) is 4.08. The van der Waals surface area contributed by atoms with Gasteiger partial charge < -0.3 is 11.1 Å². The lowest BCUT2D eigenvalue weighted by Crippen LogP contribution is -2.26. The molecule has 3 nitrogen and oxygen atoms in total. The van der Waals surface area contributed by atoms with Crippen LogP contribution >= 0.6 is 11.6 Å². The van der Waals surface area contributed by atoms with E-state index in [1.54, 1.807) is 6.20 Å². The van der Waals surface area contributed by atoms with E-state index in [0.29, 0.717) is 5.02 Å². The second-order valence-corrected chi connectivity index (χ2v) is 4.00. The number of hydrogen-bond donors (Lipinski definition) is 2. The van der Waals surface area contributed by atoms with Crippen molar-refractivity contribution in [1.82, 2.24) is 4.98 Å². The highest BCUT2D eigenvalue weighted by atomic mass is 35.5. The molecule has 14 heavy (non-hydrogen) atoms. The normalized spacial score (nSPS) is 14.9. The average Bonchev–Trinajstić information content (AvgIpc) is 2.07. The molecule has 0 bridgehead atoms. The van der Waals surface area contributed by atoms with Crippen molar-refractivity contribution in [3.63, 3.8) is 0 Å². The zero-order valence-electron chi connectivity index (χ0n) is 8.50. The Bertz CT molecular complexity index is 288. The van der Waals surface area contributed by atoms with Gasteiger partial charge in [0, 0.05) is 18.3 Å². The Morgan fingerprint density at radius 3 is 2.86 bits per heavy atom. The van der Waals surface area contributed by atoms with Crippen LogP contribution in [0.4, 0.5) is 5.82 Å². The molecule has 1 heterocycles. The quantitative estimate of drug-likeness (QED) is 0.807. The van der Waals surface area contributed by atoms with Crippen LogP contribution < -0.4 is 11.1 Å². The molecule has 0 saturated heterocycles. The number of aromatic nitrogens is 1. The number of nitrogens with zero attached hydrogens (tertiary/aromatic N) is 1. The second kappa shape index (κ2) is 5.17. The molecule has 0 radical (unpaired) electrons. The SMILES string of the molecule is CC(N)CC(C)Nc1ncccc1Cl. The van der Waals surface area contributed by atoms with Gasteiger partial charge in [0.05, 0.1) is 5.02 Å². The van der Waals surface area contributed by atoms with Crippen LogP contribution in [-0.2, 0) is 0 Å². The van der Waals surface area contributed by atoms with Gasteiger partial charge in [-0.3, -0.25) is 0 Å². The summed E-state index contributed by atoms with van der Waals surface area (Å²) < 4.78 is 0. The number of nitrogens with two attached hydrogens (primary N) is 1. The van der Waals surface area contributed by atoms with Crippen LogP contribution in [0, 0.1) is 0 Å². The third kappa shape index (κ3) is 3.52. The molecule has 0 fully saturated rings. The zero-order valence-corrected chi connectivity index (χ0v) is 9.25. The van der Waals surface area contributed by atoms with Gasteiger partial charge in [-0.25, -0.2) is 4.98 Å². The summed E-state index contributed by atoms with van der Waals surface area (Å²) in [5, 5.41) is 3.86. The molecule has 0 aromatic carbocycles. The molecule has 0 aliphatic carbocycles. The number of anilines is 1. The first kappa shape index (κ1) is 11.3. The molecular formula is C10H16ClN3. The Morgan fingerprint density at radius 2 is 2.29 bits per heavy atom. The molecule has 4 heteroatoms. The Labute approximate surface area is 89.7 Å². The number of hydrogen-bond acceptors (Lipinski definition) is 3. The van der Waals surface area contributed by atoms with Gasteiger partial charge in [0.2, 0.25) is 0 Å². The molecular weight excluding hydrogens is 198 g/mol. The predicted octanol–water partition coefficient (Wildman–Crippen LogP) is 2.27. The monoisotopic (exact) mass is 213 g/mol. The Hall–Kier alpha value is -0.800. The van der Waals surface area contributed by atoms with E-state index in [1.807, 2.05) is 19.1 Å². The minimum atomic E-state index is 0.181. The first-order chi connectivity index (χ1) is 6.59. The minimum absolute atomic E-state index is 0.181. The summed E-state index contributed by atoms with van der Waals surface area (Å²) in [5.41, 5.74) is 5.69. The first-order valence-electron chi connectivity index (χ1n) is 4.72. The molecule has 0 saturated carbocycles. The fourth-order valence-corrected chi connectivity index (χ4v) is 1.52. The molecule has 2 atom stereocenters. The molecule has 1 aromatic rings. The van der Waals surface area contributed by atoms with E-state index in [2.05, 4.69) is 17.2 Å². The van der Waals surface area contributed by atoms with Crippen LogP contribution in [0.15, 0.2) is 18.3 Å². The van der Waals surface area contributed by atoms with Crippen LogP contribution in [0.5, 0.6) is 0 Å². The van der Waals surface area contributed by atoms with Crippen molar-refractivity contribution in [2.45, 2.75) is 32.4 Å². The van der Waals surface area contributed by atoms with Gasteiger partial charge >= 0.3 is 0 Å². The van der Waals surface area contributed by atoms with E-state index in [1.165, 1.54) is 0 Å². The fraction of sp³-hybridized carbons (Fsp3) is 0.500. The maximum Gasteiger partial charge on any atom is 0.144 e. The number of pyridine rings is 1. The summed E-state index contributed by atoms with van der Waals surface area (Å²) >= 11 is 5.95. The minimum Gasteiger partial charge on any atom is -0.366 e. The maximum atomic E-state index is 5.95. The topological polar surface area (TPSA) is 50.9 Å². The summed E-state index contributed by atoms with van der Waals surface area (Å²) in [7, 11) is 0. The highest BCUT2D eigenvalue weighted by Crippen LogP contribution is 2.18. The van der Waals surface area contributed by atoms with Crippen molar-refractivity contribution in [3.8, 4) is 0 Å². The van der Waals surface area contributed by atoms with Gasteiger partial charge in [-0.1, -0.05) is 11.6 Å². The summed E-state index contributed by atoms with van der Waals surface area (Å²) in [6.45, 7) is 4.05. The molecule has 3 N–H and O–H groups in total. The van der Waals surface area contributed by atoms with E-state index >= 15 is 0 Å². The Balaban J connectivity index is 2.56. The van der Waals surface area contributed by atoms with Crippen molar-refractivity contribution in [3.05, 3.63) is 23.4 Å². The number of halogens is 1. The molecule has 0 spiro atoms. The second-order valence-electron chi connectivity index (χ2n) is 3.59. The lowest BCUT2D eigenvalue weighted by atomic mass is 10.1. The van der Waals surface area contributed by atoms with Crippen molar-refractivity contribution < 1.29 is 0 Å². The van der Waals surface area contributed by atoms with Crippen LogP contribution in [0.1, 0.15) is 20.3 Å². The van der Waals surface area contributed by atoms with E-state index in [-0.39, 0.29) is 12.1 Å². The van der Waals surface area contributed by atoms with Crippen molar-refractivity contribution >= 4 is 17.4 Å². The summed E-state index contributed by atoms with van der Waals surface area (Å²) in [5.74, 6) is 0.724. The maximum absolute atomic E-state index is 5.95. The van der Waals surface area contributed by atoms with Crippen molar-refractivity contribution in [2.24, 2.45) is 5.73 Å². The molecule has 0 aliphatic rings. The van der Waals surface area contributed by atoms with E-state index in [9.17, 15) is 0 Å². The molecule has 0 aliphatic heterocycles. The molecule has 78 valence electrons. The first-order valence-corrected chi connectivity index (χ1v) is 5.10. The van der Waals surface area contributed by atoms with Crippen molar-refractivity contribution in [2.75, 3.05) is 5.32 Å². The van der Waals surface area contributed by atoms with Crippen LogP contribution in [0.3, 0.4) is 0 Å². The lowest BCUT2D eigenvalue weighted by molar-refractivity contribution is 0.603. The van der Waals surface area contributed by atoms with Crippen LogP contribution in [0.25, 0.3) is 0 Å². The molecule has 2 unspecified atom stereocenters. The van der Waals surface area contributed by atoms with Crippen LogP contribution in [-0.4, -0.2) is 17.1 Å². The molecule has 0 amide bonds. The highest BCUT2D eigenvalue weighted by molar-refractivity contribution is 6.32. The zero-order chi connectivity index (χ0) is 10.6. The smallest absolute Gasteiger partial charge is 0.144 e. The Morgan fingerprint density at radius 1 is 1.57 bits per heavy atom. The Kier molecular flexibility index (Phi) is 4.17. The lowest BCUT2D eigenvalue weighted by Gasteiger charge is -2.16. The molecule has 1 rings (SSSR count). The third-order valence-electron chi connectivity index (χ3n) is 1.87. The number of nitrogens with one attached hydrogen (secondary N) is 1. The standard InChI is InChI=1S/C10H16ClN3/c1-7(12)6-8(2)14-10-9(11)4-3-5-13-10/h3-5,7-8H,6,12H2,1-2H3,(H,13,14). The number of rotatable bonds is 4. The summed E-state index contributed by atoms with van der Waals surface area (Å²) in [6.07, 6.45) is 2.61. The van der Waals surface area contributed by atoms with Gasteiger partial charge in [0.25, 0.3) is 0 Å². The van der Waals surface area contributed by atoms with E-state index < -0.39 is 0 Å². The van der Waals surface area contributed by atoms with Gasteiger partial charge in [-0.15, -0.1) is 0 Å². The van der Waals surface area contributed by atoms with Gasteiger partial charge in [-0.2, -0.15) is 0 Å². The molecule has 1 aromatic heterocycles.